The smallest absolute Gasteiger partial charge is 0.353 e. The molecular weight excluding hydrogens is 619 g/mol. The molecule has 2 fully saturated rings. The molecule has 1 amide bonds. The molecule has 3 aliphatic rings. The molecule has 3 aromatic rings. The van der Waals surface area contributed by atoms with Crippen molar-refractivity contribution in [1.82, 2.24) is 24.2 Å². The summed E-state index contributed by atoms with van der Waals surface area (Å²) in [6.45, 7) is 2.12. The lowest BCUT2D eigenvalue weighted by atomic mass is 9.87. The zero-order chi connectivity index (χ0) is 31.3. The van der Waals surface area contributed by atoms with Crippen LogP contribution >= 0.6 is 11.6 Å². The second-order valence-electron chi connectivity index (χ2n) is 11.9. The Morgan fingerprint density at radius 1 is 1.12 bits per heavy atom. The molecule has 1 aliphatic carbocycles. The minimum Gasteiger partial charge on any atom is -0.353 e. The number of carbonyl (C=O) groups is 1. The first-order chi connectivity index (χ1) is 19.9. The summed E-state index contributed by atoms with van der Waals surface area (Å²) in [5, 5.41) is 6.68. The van der Waals surface area contributed by atoms with Crippen molar-refractivity contribution in [2.75, 3.05) is 30.8 Å². The van der Waals surface area contributed by atoms with Crippen molar-refractivity contribution in [1.29, 1.82) is 0 Å². The number of halogens is 6. The molecule has 1 saturated heterocycles. The molecule has 43 heavy (non-hydrogen) atoms. The summed E-state index contributed by atoms with van der Waals surface area (Å²) in [5.41, 5.74) is -3.70. The quantitative estimate of drug-likeness (QED) is 0.406. The molecule has 232 valence electrons. The Labute approximate surface area is 249 Å². The second kappa shape index (κ2) is 9.48. The second-order valence-corrected chi connectivity index (χ2v) is 14.3. The molecule has 1 N–H and O–H groups in total. The summed E-state index contributed by atoms with van der Waals surface area (Å²) in [6.07, 6.45) is -1.64. The molecule has 0 spiro atoms. The first kappa shape index (κ1) is 30.0. The van der Waals surface area contributed by atoms with E-state index in [2.05, 4.69) is 15.4 Å². The largest absolute Gasteiger partial charge is 0.401 e. The summed E-state index contributed by atoms with van der Waals surface area (Å²) in [6, 6.07) is 6.62. The molecule has 6 rings (SSSR count). The first-order valence-electron chi connectivity index (χ1n) is 13.5. The zero-order valence-electron chi connectivity index (χ0n) is 23.3. The Morgan fingerprint density at radius 2 is 1.74 bits per heavy atom. The number of amides is 1. The third-order valence-electron chi connectivity index (χ3n) is 9.16. The normalized spacial score (nSPS) is 27.8. The molecule has 9 nitrogen and oxygen atoms in total. The van der Waals surface area contributed by atoms with Crippen molar-refractivity contribution in [2.45, 2.75) is 56.2 Å². The number of nitrogens with one attached hydrogen (secondary N) is 1. The highest BCUT2D eigenvalue weighted by Crippen LogP contribution is 2.71. The van der Waals surface area contributed by atoms with Crippen LogP contribution in [0.4, 0.5) is 33.3 Å². The number of nitrogens with zero attached hydrogens (tertiary/aromatic N) is 5. The molecule has 4 heterocycles. The maximum Gasteiger partial charge on any atom is 0.401 e. The van der Waals surface area contributed by atoms with Gasteiger partial charge >= 0.3 is 6.18 Å². The molecule has 0 radical (unpaired) electrons. The van der Waals surface area contributed by atoms with Crippen molar-refractivity contribution in [2.24, 2.45) is 5.41 Å². The topological polar surface area (TPSA) is 99.9 Å². The standard InChI is InChI=1S/C27H28ClF5N6O3S/c1-24(27(31,32)33)14-38(18-13-34-20-12-19(28)36-39(20)22(18)24)17-6-4-15(5-7-17)21-25(2,26(21,29)30)23(40)35-16-8-10-37(11-9-16)43(3,41)42/h4-7,12-13,16,21H,8-11,14H2,1-3H3,(H,35,40)/t21-,24-,25+/m1/s1. The van der Waals surface area contributed by atoms with Crippen molar-refractivity contribution in [3.8, 4) is 0 Å². The van der Waals surface area contributed by atoms with Crippen molar-refractivity contribution in [3.05, 3.63) is 52.9 Å². The maximum absolute atomic E-state index is 15.2. The SMILES string of the molecule is C[C@@]1(C(F)(F)F)CN(c2ccc([C@H]3C(F)(F)[C@]3(C)C(=O)NC3CCN(S(C)(=O)=O)CC3)cc2)c2cnc3cc(Cl)nn3c21. The predicted octanol–water partition coefficient (Wildman–Crippen LogP) is 4.63. The highest BCUT2D eigenvalue weighted by Gasteiger charge is 2.82. The molecule has 2 aromatic heterocycles. The number of piperidine rings is 1. The number of carbonyl (C=O) groups excluding carboxylic acids is 1. The minimum atomic E-state index is -4.66. The zero-order valence-corrected chi connectivity index (χ0v) is 24.9. The first-order valence-corrected chi connectivity index (χ1v) is 15.7. The molecular formula is C27H28ClF5N6O3S. The number of sulfonamides is 1. The van der Waals surface area contributed by atoms with Crippen LogP contribution in [-0.2, 0) is 20.2 Å². The van der Waals surface area contributed by atoms with E-state index in [0.29, 0.717) is 18.5 Å². The van der Waals surface area contributed by atoms with E-state index in [0.717, 1.165) is 17.7 Å². The molecule has 2 aliphatic heterocycles. The highest BCUT2D eigenvalue weighted by molar-refractivity contribution is 7.88. The number of aromatic nitrogens is 3. The van der Waals surface area contributed by atoms with Gasteiger partial charge in [-0.15, -0.1) is 0 Å². The summed E-state index contributed by atoms with van der Waals surface area (Å²) in [5.74, 6) is -5.63. The van der Waals surface area contributed by atoms with E-state index < -0.39 is 57.4 Å². The van der Waals surface area contributed by atoms with E-state index in [1.54, 1.807) is 0 Å². The Balaban J connectivity index is 1.24. The van der Waals surface area contributed by atoms with Crippen LogP contribution in [0.5, 0.6) is 0 Å². The number of alkyl halides is 5. The van der Waals surface area contributed by atoms with Gasteiger partial charge in [0.15, 0.2) is 10.8 Å². The van der Waals surface area contributed by atoms with Gasteiger partial charge in [-0.3, -0.25) is 4.79 Å². The van der Waals surface area contributed by atoms with Crippen LogP contribution in [-0.4, -0.2) is 77.3 Å². The van der Waals surface area contributed by atoms with Gasteiger partial charge in [0.05, 0.1) is 29.8 Å². The molecule has 0 unspecified atom stereocenters. The summed E-state index contributed by atoms with van der Waals surface area (Å²) in [7, 11) is -3.38. The molecule has 1 aromatic carbocycles. The van der Waals surface area contributed by atoms with Gasteiger partial charge in [0.1, 0.15) is 10.8 Å². The van der Waals surface area contributed by atoms with E-state index in [1.165, 1.54) is 52.7 Å². The van der Waals surface area contributed by atoms with Crippen molar-refractivity contribution >= 4 is 44.6 Å². The number of anilines is 2. The van der Waals surface area contributed by atoms with Crippen LogP contribution in [0.25, 0.3) is 5.65 Å². The monoisotopic (exact) mass is 646 g/mol. The number of benzene rings is 1. The van der Waals surface area contributed by atoms with Crippen LogP contribution in [0.15, 0.2) is 36.5 Å². The Bertz CT molecular complexity index is 1720. The lowest BCUT2D eigenvalue weighted by molar-refractivity contribution is -0.181. The van der Waals surface area contributed by atoms with Gasteiger partial charge in [0, 0.05) is 37.4 Å². The lowest BCUT2D eigenvalue weighted by Crippen LogP contribution is -2.48. The molecule has 0 bridgehead atoms. The van der Waals surface area contributed by atoms with Crippen LogP contribution < -0.4 is 10.2 Å². The van der Waals surface area contributed by atoms with Crippen molar-refractivity contribution < 1.29 is 35.2 Å². The average Bonchev–Trinajstić information content (AvgIpc) is 3.18. The van der Waals surface area contributed by atoms with Gasteiger partial charge in [-0.25, -0.2) is 31.0 Å². The van der Waals surface area contributed by atoms with E-state index in [1.807, 2.05) is 0 Å². The van der Waals surface area contributed by atoms with E-state index in [4.69, 9.17) is 11.6 Å². The fourth-order valence-corrected chi connectivity index (χ4v) is 7.46. The average molecular weight is 647 g/mol. The highest BCUT2D eigenvalue weighted by atomic mass is 35.5. The van der Waals surface area contributed by atoms with Gasteiger partial charge in [0.25, 0.3) is 5.92 Å². The number of hydrogen-bond donors (Lipinski definition) is 1. The Morgan fingerprint density at radius 3 is 2.33 bits per heavy atom. The van der Waals surface area contributed by atoms with Crippen LogP contribution in [0, 0.1) is 5.41 Å². The van der Waals surface area contributed by atoms with Crippen LogP contribution in [0.1, 0.15) is 43.9 Å². The van der Waals surface area contributed by atoms with Gasteiger partial charge in [-0.1, -0.05) is 23.7 Å². The van der Waals surface area contributed by atoms with Crippen LogP contribution in [0.2, 0.25) is 5.15 Å². The predicted molar refractivity (Wildman–Crippen MR) is 148 cm³/mol. The van der Waals surface area contributed by atoms with E-state index >= 15 is 8.78 Å². The fraction of sp³-hybridized carbons (Fsp3) is 0.519. The van der Waals surface area contributed by atoms with E-state index in [9.17, 15) is 26.4 Å². The third-order valence-corrected chi connectivity index (χ3v) is 10.7. The molecule has 16 heteroatoms. The van der Waals surface area contributed by atoms with Gasteiger partial charge in [-0.05, 0) is 44.4 Å². The Hall–Kier alpha value is -3.04. The molecule has 3 atom stereocenters. The fourth-order valence-electron chi connectivity index (χ4n) is 6.41. The number of rotatable bonds is 5. The van der Waals surface area contributed by atoms with Crippen molar-refractivity contribution in [3.63, 3.8) is 0 Å². The van der Waals surface area contributed by atoms with Crippen LogP contribution in [0.3, 0.4) is 0 Å². The third kappa shape index (κ3) is 4.48. The lowest BCUT2D eigenvalue weighted by Gasteiger charge is -2.31. The Kier molecular flexibility index (Phi) is 6.61. The van der Waals surface area contributed by atoms with E-state index in [-0.39, 0.29) is 40.8 Å². The molecule has 1 saturated carbocycles. The summed E-state index contributed by atoms with van der Waals surface area (Å²) >= 11 is 5.96. The summed E-state index contributed by atoms with van der Waals surface area (Å²) in [4.78, 5) is 18.7. The summed E-state index contributed by atoms with van der Waals surface area (Å²) < 4.78 is 99.6. The van der Waals surface area contributed by atoms with Gasteiger partial charge < -0.3 is 10.2 Å². The maximum atomic E-state index is 15.2. The number of hydrogen-bond acceptors (Lipinski definition) is 6. The van der Waals surface area contributed by atoms with Gasteiger partial charge in [0.2, 0.25) is 15.9 Å². The minimum absolute atomic E-state index is 0.00922. The van der Waals surface area contributed by atoms with Gasteiger partial charge in [-0.2, -0.15) is 18.3 Å². The number of fused-ring (bicyclic) bond motifs is 3.